The molecule has 374 valence electrons. The summed E-state index contributed by atoms with van der Waals surface area (Å²) in [6, 6.07) is 10.1. The van der Waals surface area contributed by atoms with Gasteiger partial charge in [0, 0.05) is 48.2 Å². The average Bonchev–Trinajstić information content (AvgIpc) is 3.81. The fraction of sp³-hybridized carbons (Fsp3) is 0.583. The molecule has 2 aromatic heterocycles. The number of likely N-dealkylation sites (N-methyl/N-ethyl adjacent to an activating group) is 1. The van der Waals surface area contributed by atoms with E-state index in [2.05, 4.69) is 31.5 Å². The fourth-order valence-electron chi connectivity index (χ4n) is 7.75. The lowest BCUT2D eigenvalue weighted by molar-refractivity contribution is -0.159. The van der Waals surface area contributed by atoms with Crippen LogP contribution in [0.5, 0.6) is 5.75 Å². The maximum absolute atomic E-state index is 14.7. The molecule has 1 fully saturated rings. The number of aromatic nitrogens is 2. The Morgan fingerprint density at radius 2 is 1.75 bits per heavy atom. The summed E-state index contributed by atoms with van der Waals surface area (Å²) in [5, 5.41) is 19.2. The Bertz CT molecular complexity index is 2060. The van der Waals surface area contributed by atoms with Crippen molar-refractivity contribution in [3.8, 4) is 5.75 Å². The van der Waals surface area contributed by atoms with E-state index in [0.29, 0.717) is 49.3 Å². The summed E-state index contributed by atoms with van der Waals surface area (Å²) in [7, 11) is 4.87. The molecule has 1 aliphatic heterocycles. The van der Waals surface area contributed by atoms with Gasteiger partial charge in [-0.2, -0.15) is 0 Å². The van der Waals surface area contributed by atoms with Crippen LogP contribution in [-0.2, 0) is 41.5 Å². The first-order valence-electron chi connectivity index (χ1n) is 23.5. The number of thiazole rings is 1. The third kappa shape index (κ3) is 18.5. The van der Waals surface area contributed by atoms with Crippen molar-refractivity contribution < 1.29 is 43.3 Å². The number of piperidine rings is 1. The highest BCUT2D eigenvalue weighted by molar-refractivity contribution is 8.76. The average molecular weight is 999 g/mol. The van der Waals surface area contributed by atoms with Gasteiger partial charge in [-0.1, -0.05) is 83.4 Å². The number of phenols is 1. The lowest BCUT2D eigenvalue weighted by Gasteiger charge is -2.39. The van der Waals surface area contributed by atoms with Crippen LogP contribution in [0.15, 0.2) is 59.1 Å². The standard InChI is InChI=1S/C48H70N8O9S3/c1-8-14-42(58)65-30-56(47(62)43(32(5)9-2)52-46(61)39-15-11-13-24-55(39)7)38(31(3)4)21-22-41-51-37(29-66-41)45(60)50-35(28-34-17-19-36(57)20-18-34)27-33(6)44(59)53-54-48(63)64-25-26-67-68-40-16-10-12-23-49-40/h10,12,16-20,23,29,31-33,35,38-39,43,57H,8-9,11,13-15,21-22,24-28,30H2,1-7H3,(H,50,60)(H,52,61)(H,53,59)(H,54,63)/t32?,33-,35+,38+,39+,43-/m0/s1. The second kappa shape index (κ2) is 29.2. The number of carbonyl (C=O) groups excluding carboxylic acids is 6. The number of benzene rings is 1. The minimum Gasteiger partial charge on any atom is -0.508 e. The van der Waals surface area contributed by atoms with E-state index in [1.165, 1.54) is 32.9 Å². The van der Waals surface area contributed by atoms with E-state index >= 15 is 0 Å². The smallest absolute Gasteiger partial charge is 0.426 e. The van der Waals surface area contributed by atoms with Crippen molar-refractivity contribution in [2.45, 2.75) is 135 Å². The van der Waals surface area contributed by atoms with Crippen LogP contribution >= 0.6 is 32.9 Å². The number of aryl methyl sites for hydroxylation is 1. The zero-order chi connectivity index (χ0) is 49.6. The number of carbonyl (C=O) groups is 6. The van der Waals surface area contributed by atoms with Crippen molar-refractivity contribution in [1.29, 1.82) is 0 Å². The Kier molecular flexibility index (Phi) is 23.9. The minimum absolute atomic E-state index is 0.0728. The third-order valence-electron chi connectivity index (χ3n) is 11.9. The van der Waals surface area contributed by atoms with E-state index in [9.17, 15) is 33.9 Å². The number of hydrogen-bond donors (Lipinski definition) is 5. The molecule has 17 nitrogen and oxygen atoms in total. The molecule has 0 aliphatic carbocycles. The van der Waals surface area contributed by atoms with Crippen molar-refractivity contribution in [2.75, 3.05) is 32.7 Å². The van der Waals surface area contributed by atoms with Gasteiger partial charge in [0.25, 0.3) is 5.91 Å². The molecule has 0 radical (unpaired) electrons. The van der Waals surface area contributed by atoms with Crippen molar-refractivity contribution >= 4 is 68.6 Å². The van der Waals surface area contributed by atoms with Crippen LogP contribution in [0.2, 0.25) is 0 Å². The molecule has 68 heavy (non-hydrogen) atoms. The van der Waals surface area contributed by atoms with E-state index in [1.807, 2.05) is 64.8 Å². The molecule has 6 atom stereocenters. The largest absolute Gasteiger partial charge is 0.508 e. The van der Waals surface area contributed by atoms with Crippen LogP contribution < -0.4 is 21.5 Å². The van der Waals surface area contributed by atoms with Crippen molar-refractivity contribution in [3.63, 3.8) is 0 Å². The lowest BCUT2D eigenvalue weighted by atomic mass is 9.93. The predicted octanol–water partition coefficient (Wildman–Crippen LogP) is 6.91. The molecule has 1 aliphatic rings. The summed E-state index contributed by atoms with van der Waals surface area (Å²) in [6.45, 7) is 12.1. The Morgan fingerprint density at radius 3 is 2.43 bits per heavy atom. The van der Waals surface area contributed by atoms with E-state index < -0.39 is 47.9 Å². The topological polar surface area (TPSA) is 221 Å². The predicted molar refractivity (Wildman–Crippen MR) is 265 cm³/mol. The summed E-state index contributed by atoms with van der Waals surface area (Å²) >= 11 is 1.31. The molecule has 0 spiro atoms. The monoisotopic (exact) mass is 998 g/mol. The van der Waals surface area contributed by atoms with Gasteiger partial charge < -0.3 is 30.1 Å². The molecule has 1 aromatic carbocycles. The second-order valence-corrected chi connectivity index (χ2v) is 20.9. The fourth-order valence-corrected chi connectivity index (χ4v) is 10.3. The van der Waals surface area contributed by atoms with Crippen LogP contribution in [0.1, 0.15) is 114 Å². The number of pyridine rings is 1. The van der Waals surface area contributed by atoms with Crippen LogP contribution in [0.4, 0.5) is 4.79 Å². The van der Waals surface area contributed by atoms with E-state index in [4.69, 9.17) is 9.47 Å². The number of phenolic OH excluding ortho intramolecular Hbond substituents is 1. The maximum atomic E-state index is 14.7. The zero-order valence-corrected chi connectivity index (χ0v) is 42.8. The molecular formula is C48H70N8O9S3. The number of hydrogen-bond acceptors (Lipinski definition) is 15. The molecular weight excluding hydrogens is 929 g/mol. The lowest BCUT2D eigenvalue weighted by Crippen LogP contribution is -2.59. The Labute approximate surface area is 412 Å². The molecule has 0 bridgehead atoms. The summed E-state index contributed by atoms with van der Waals surface area (Å²) in [6.07, 6.45) is 6.39. The van der Waals surface area contributed by atoms with Crippen LogP contribution in [-0.4, -0.2) is 117 Å². The number of esters is 1. The summed E-state index contributed by atoms with van der Waals surface area (Å²) < 4.78 is 10.9. The van der Waals surface area contributed by atoms with Gasteiger partial charge >= 0.3 is 12.1 Å². The first-order chi connectivity index (χ1) is 32.6. The normalized spacial score (nSPS) is 16.1. The SMILES string of the molecule is CCCC(=O)OCN(C(=O)[C@@H](NC(=O)[C@H]1CCCCN1C)C(C)CC)[C@H](CCc1nc(C(=O)N[C@@H](Cc2ccc(O)cc2)C[C@H](C)C(=O)NNC(=O)OCCSSc2ccccn2)cs1)C(C)C. The molecule has 5 amide bonds. The Balaban J connectivity index is 1.41. The quantitative estimate of drug-likeness (QED) is 0.0181. The van der Waals surface area contributed by atoms with Gasteiger partial charge in [0.2, 0.25) is 17.7 Å². The Hall–Kier alpha value is -4.92. The second-order valence-electron chi connectivity index (χ2n) is 17.5. The van der Waals surface area contributed by atoms with E-state index in [-0.39, 0.29) is 67.3 Å². The number of nitrogens with zero attached hydrogens (tertiary/aromatic N) is 4. The van der Waals surface area contributed by atoms with Crippen LogP contribution in [0.25, 0.3) is 0 Å². The molecule has 3 heterocycles. The number of aromatic hydroxyl groups is 1. The highest BCUT2D eigenvalue weighted by Crippen LogP contribution is 2.29. The van der Waals surface area contributed by atoms with Gasteiger partial charge in [0.05, 0.1) is 11.0 Å². The molecule has 1 unspecified atom stereocenters. The van der Waals surface area contributed by atoms with Crippen molar-refractivity contribution in [1.82, 2.24) is 41.3 Å². The van der Waals surface area contributed by atoms with E-state index in [1.54, 1.807) is 47.7 Å². The number of hydrazine groups is 1. The molecule has 4 rings (SSSR count). The first-order valence-corrected chi connectivity index (χ1v) is 26.7. The van der Waals surface area contributed by atoms with E-state index in [0.717, 1.165) is 30.0 Å². The molecule has 3 aromatic rings. The molecule has 0 saturated carbocycles. The molecule has 1 saturated heterocycles. The van der Waals surface area contributed by atoms with Crippen molar-refractivity contribution in [2.24, 2.45) is 17.8 Å². The number of likely N-dealkylation sites (tertiary alicyclic amines) is 1. The van der Waals surface area contributed by atoms with Gasteiger partial charge in [-0.05, 0) is 105 Å². The summed E-state index contributed by atoms with van der Waals surface area (Å²) in [4.78, 5) is 92.8. The van der Waals surface area contributed by atoms with Gasteiger partial charge in [0.1, 0.15) is 29.1 Å². The van der Waals surface area contributed by atoms with Gasteiger partial charge in [0.15, 0.2) is 6.73 Å². The highest BCUT2D eigenvalue weighted by Gasteiger charge is 2.37. The van der Waals surface area contributed by atoms with Crippen molar-refractivity contribution in [3.05, 3.63) is 70.3 Å². The maximum Gasteiger partial charge on any atom is 0.426 e. The van der Waals surface area contributed by atoms with Gasteiger partial charge in [-0.15, -0.1) is 11.3 Å². The number of nitrogens with one attached hydrogen (secondary N) is 4. The number of rotatable bonds is 26. The Morgan fingerprint density at radius 1 is 0.985 bits per heavy atom. The van der Waals surface area contributed by atoms with Gasteiger partial charge in [-0.3, -0.25) is 34.3 Å². The molecule has 5 N–H and O–H groups in total. The zero-order valence-electron chi connectivity index (χ0n) is 40.4. The van der Waals surface area contributed by atoms with Crippen LogP contribution in [0, 0.1) is 17.8 Å². The number of amides is 5. The summed E-state index contributed by atoms with van der Waals surface area (Å²) in [5.41, 5.74) is 5.70. The molecule has 20 heteroatoms. The van der Waals surface area contributed by atoms with Crippen LogP contribution in [0.3, 0.4) is 0 Å². The third-order valence-corrected chi connectivity index (χ3v) is 15.0. The minimum atomic E-state index is -0.831. The first kappa shape index (κ1) is 55.7. The summed E-state index contributed by atoms with van der Waals surface area (Å²) in [5.74, 6) is -2.15. The highest BCUT2D eigenvalue weighted by atomic mass is 33.1. The van der Waals surface area contributed by atoms with Gasteiger partial charge in [-0.25, -0.2) is 20.2 Å². The number of ether oxygens (including phenoxy) is 2.